The third-order valence-electron chi connectivity index (χ3n) is 2.12. The molecule has 15 heavy (non-hydrogen) atoms. The second kappa shape index (κ2) is 6.02. The topological polar surface area (TPSA) is 39.9 Å². The van der Waals surface area contributed by atoms with Gasteiger partial charge in [-0.05, 0) is 12.1 Å². The fourth-order valence-corrected chi connectivity index (χ4v) is 1.20. The monoisotopic (exact) mass is 205 g/mol. The summed E-state index contributed by atoms with van der Waals surface area (Å²) in [6.07, 6.45) is 0.518. The third kappa shape index (κ3) is 3.59. The first-order valence-corrected chi connectivity index (χ1v) is 4.66. The van der Waals surface area contributed by atoms with Gasteiger partial charge >= 0.3 is 0 Å². The molecular formula is C12H19N3. The van der Waals surface area contributed by atoms with Crippen molar-refractivity contribution in [3.05, 3.63) is 23.9 Å². The quantitative estimate of drug-likeness (QED) is 0.761. The van der Waals surface area contributed by atoms with Crippen LogP contribution in [0.15, 0.2) is 18.2 Å². The van der Waals surface area contributed by atoms with E-state index in [9.17, 15) is 0 Å². The first-order chi connectivity index (χ1) is 6.65. The molecule has 0 saturated heterocycles. The maximum absolute atomic E-state index is 8.59. The van der Waals surface area contributed by atoms with Gasteiger partial charge in [-0.15, -0.1) is 0 Å². The van der Waals surface area contributed by atoms with E-state index in [4.69, 9.17) is 5.26 Å². The molecular weight excluding hydrogens is 186 g/mol. The lowest BCUT2D eigenvalue weighted by atomic mass is 10.0. The molecule has 1 unspecified atom stereocenters. The van der Waals surface area contributed by atoms with Gasteiger partial charge in [-0.25, -0.2) is 4.98 Å². The van der Waals surface area contributed by atoms with E-state index in [1.165, 1.54) is 0 Å². The maximum atomic E-state index is 8.59. The van der Waals surface area contributed by atoms with Crippen LogP contribution in [0.25, 0.3) is 0 Å². The second-order valence-corrected chi connectivity index (χ2v) is 3.58. The van der Waals surface area contributed by atoms with Gasteiger partial charge in [-0.1, -0.05) is 20.4 Å². The number of nitriles is 1. The molecule has 0 aromatic carbocycles. The molecule has 0 bridgehead atoms. The predicted molar refractivity (Wildman–Crippen MR) is 63.9 cm³/mol. The molecule has 82 valence electrons. The van der Waals surface area contributed by atoms with Gasteiger partial charge in [0.1, 0.15) is 5.82 Å². The van der Waals surface area contributed by atoms with Gasteiger partial charge in [0.2, 0.25) is 0 Å². The lowest BCUT2D eigenvalue weighted by molar-refractivity contribution is 0.755. The van der Waals surface area contributed by atoms with Crippen LogP contribution < -0.4 is 4.90 Å². The molecule has 0 amide bonds. The fraction of sp³-hybridized carbons (Fsp3) is 0.500. The van der Waals surface area contributed by atoms with E-state index in [1.54, 1.807) is 0 Å². The Bertz CT molecular complexity index is 339. The molecule has 0 saturated carbocycles. The van der Waals surface area contributed by atoms with Crippen LogP contribution in [0, 0.1) is 11.3 Å². The number of hydrogen-bond acceptors (Lipinski definition) is 3. The lowest BCUT2D eigenvalue weighted by Crippen LogP contribution is -2.11. The van der Waals surface area contributed by atoms with Gasteiger partial charge < -0.3 is 4.90 Å². The molecule has 1 heterocycles. The highest BCUT2D eigenvalue weighted by Gasteiger charge is 2.07. The van der Waals surface area contributed by atoms with E-state index in [2.05, 4.69) is 11.1 Å². The molecule has 0 N–H and O–H groups in total. The van der Waals surface area contributed by atoms with Crippen LogP contribution in [0.1, 0.15) is 32.4 Å². The summed E-state index contributed by atoms with van der Waals surface area (Å²) >= 11 is 0. The first-order valence-electron chi connectivity index (χ1n) is 4.66. The molecule has 3 nitrogen and oxygen atoms in total. The van der Waals surface area contributed by atoms with Crippen molar-refractivity contribution in [1.82, 2.24) is 4.98 Å². The zero-order valence-corrected chi connectivity index (χ0v) is 8.86. The van der Waals surface area contributed by atoms with Crippen LogP contribution in [0.3, 0.4) is 0 Å². The van der Waals surface area contributed by atoms with Gasteiger partial charge in [0, 0.05) is 32.1 Å². The number of pyridine rings is 1. The number of anilines is 1. The van der Waals surface area contributed by atoms with E-state index in [0.29, 0.717) is 6.42 Å². The fourth-order valence-electron chi connectivity index (χ4n) is 1.20. The molecule has 1 aromatic rings. The van der Waals surface area contributed by atoms with Crippen molar-refractivity contribution >= 4 is 5.82 Å². The zero-order valence-electron chi connectivity index (χ0n) is 8.86. The van der Waals surface area contributed by atoms with Gasteiger partial charge in [0.05, 0.1) is 6.07 Å². The molecule has 1 atom stereocenters. The first kappa shape index (κ1) is 13.4. The van der Waals surface area contributed by atoms with E-state index in [-0.39, 0.29) is 13.3 Å². The van der Waals surface area contributed by atoms with Gasteiger partial charge in [0.25, 0.3) is 0 Å². The van der Waals surface area contributed by atoms with E-state index in [1.807, 2.05) is 44.1 Å². The average Bonchev–Trinajstić information content (AvgIpc) is 2.18. The summed E-state index contributed by atoms with van der Waals surface area (Å²) in [4.78, 5) is 6.43. The molecule has 1 aromatic heterocycles. The van der Waals surface area contributed by atoms with Crippen molar-refractivity contribution in [2.75, 3.05) is 19.0 Å². The zero-order chi connectivity index (χ0) is 10.6. The lowest BCUT2D eigenvalue weighted by Gasteiger charge is -2.14. The summed E-state index contributed by atoms with van der Waals surface area (Å²) < 4.78 is 0. The summed E-state index contributed by atoms with van der Waals surface area (Å²) in [7, 11) is 3.92. The Balaban J connectivity index is 0.00000196. The highest BCUT2D eigenvalue weighted by Crippen LogP contribution is 2.18. The molecule has 0 aliphatic rings. The van der Waals surface area contributed by atoms with Gasteiger partial charge in [-0.3, -0.25) is 0 Å². The average molecular weight is 205 g/mol. The minimum Gasteiger partial charge on any atom is -0.363 e. The van der Waals surface area contributed by atoms with Crippen molar-refractivity contribution in [3.63, 3.8) is 0 Å². The Morgan fingerprint density at radius 3 is 2.67 bits per heavy atom. The molecule has 0 spiro atoms. The number of rotatable bonds is 3. The van der Waals surface area contributed by atoms with Gasteiger partial charge in [0.15, 0.2) is 0 Å². The highest BCUT2D eigenvalue weighted by molar-refractivity contribution is 5.37. The summed E-state index contributed by atoms with van der Waals surface area (Å²) in [5.74, 6) is 1.15. The van der Waals surface area contributed by atoms with Crippen molar-refractivity contribution < 1.29 is 0 Å². The minimum atomic E-state index is 0. The third-order valence-corrected chi connectivity index (χ3v) is 2.12. The van der Waals surface area contributed by atoms with Crippen molar-refractivity contribution in [1.29, 1.82) is 5.26 Å². The van der Waals surface area contributed by atoms with Crippen molar-refractivity contribution in [3.8, 4) is 6.07 Å². The second-order valence-electron chi connectivity index (χ2n) is 3.58. The Hall–Kier alpha value is -1.56. The largest absolute Gasteiger partial charge is 0.363 e. The summed E-state index contributed by atoms with van der Waals surface area (Å²) in [5, 5.41) is 8.59. The smallest absolute Gasteiger partial charge is 0.128 e. The van der Waals surface area contributed by atoms with Gasteiger partial charge in [-0.2, -0.15) is 5.26 Å². The molecule has 0 aliphatic carbocycles. The standard InChI is InChI=1S/C11H15N3.CH4/c1-9(7-8-12)10-5-4-6-11(13-10)14(2)3;/h4-6,9H,7H2,1-3H3;1H4. The van der Waals surface area contributed by atoms with Crippen LogP contribution in [-0.4, -0.2) is 19.1 Å². The number of nitrogens with zero attached hydrogens (tertiary/aromatic N) is 3. The Labute approximate surface area is 92.4 Å². The number of aromatic nitrogens is 1. The number of hydrogen-bond donors (Lipinski definition) is 0. The van der Waals surface area contributed by atoms with Crippen molar-refractivity contribution in [2.24, 2.45) is 0 Å². The Morgan fingerprint density at radius 2 is 2.13 bits per heavy atom. The van der Waals surface area contributed by atoms with E-state index >= 15 is 0 Å². The van der Waals surface area contributed by atoms with E-state index in [0.717, 1.165) is 11.5 Å². The highest BCUT2D eigenvalue weighted by atomic mass is 15.1. The SMILES string of the molecule is C.CC(CC#N)c1cccc(N(C)C)n1. The van der Waals surface area contributed by atoms with Crippen LogP contribution in [0.2, 0.25) is 0 Å². The Morgan fingerprint density at radius 1 is 1.47 bits per heavy atom. The molecule has 1 rings (SSSR count). The van der Waals surface area contributed by atoms with Crippen LogP contribution in [0.4, 0.5) is 5.82 Å². The van der Waals surface area contributed by atoms with E-state index < -0.39 is 0 Å². The van der Waals surface area contributed by atoms with Crippen LogP contribution in [-0.2, 0) is 0 Å². The van der Waals surface area contributed by atoms with Crippen LogP contribution in [0.5, 0.6) is 0 Å². The normalized spacial score (nSPS) is 11.1. The molecule has 0 radical (unpaired) electrons. The van der Waals surface area contributed by atoms with Crippen LogP contribution >= 0.6 is 0 Å². The summed E-state index contributed by atoms with van der Waals surface area (Å²) in [6.45, 7) is 2.02. The Kier molecular flexibility index (Phi) is 5.40. The molecule has 3 heteroatoms. The van der Waals surface area contributed by atoms with Crippen molar-refractivity contribution in [2.45, 2.75) is 26.7 Å². The summed E-state index contributed by atoms with van der Waals surface area (Å²) in [6, 6.07) is 8.07. The molecule has 0 aliphatic heterocycles. The summed E-state index contributed by atoms with van der Waals surface area (Å²) in [5.41, 5.74) is 0.984. The predicted octanol–water partition coefficient (Wildman–Crippen LogP) is 2.80. The minimum absolute atomic E-state index is 0. The maximum Gasteiger partial charge on any atom is 0.128 e. The molecule has 0 fully saturated rings.